The molecule has 0 aliphatic carbocycles. The molecule has 0 fully saturated rings. The summed E-state index contributed by atoms with van der Waals surface area (Å²) in [6.07, 6.45) is 0. The molecule has 2 rings (SSSR count). The normalized spacial score (nSPS) is 10.2. The molecule has 7 nitrogen and oxygen atoms in total. The summed E-state index contributed by atoms with van der Waals surface area (Å²) in [5.74, 6) is -1.07. The van der Waals surface area contributed by atoms with Crippen molar-refractivity contribution in [2.45, 2.75) is 13.8 Å². The van der Waals surface area contributed by atoms with Gasteiger partial charge in [-0.05, 0) is 32.0 Å². The maximum atomic E-state index is 11.9. The first-order valence-corrected chi connectivity index (χ1v) is 7.47. The Balaban J connectivity index is 1.88. The van der Waals surface area contributed by atoms with E-state index in [1.807, 2.05) is 13.8 Å². The zero-order chi connectivity index (χ0) is 17.0. The maximum Gasteiger partial charge on any atom is 0.339 e. The van der Waals surface area contributed by atoms with Crippen LogP contribution in [-0.2, 0) is 9.53 Å². The van der Waals surface area contributed by atoms with Gasteiger partial charge in [-0.25, -0.2) is 4.79 Å². The van der Waals surface area contributed by atoms with Gasteiger partial charge < -0.3 is 10.1 Å². The lowest BCUT2D eigenvalue weighted by atomic mass is 10.2. The zero-order valence-corrected chi connectivity index (χ0v) is 13.3. The zero-order valence-electron chi connectivity index (χ0n) is 12.5. The molecule has 1 heterocycles. The van der Waals surface area contributed by atoms with Gasteiger partial charge in [0.1, 0.15) is 0 Å². The third-order valence-corrected chi connectivity index (χ3v) is 3.92. The number of non-ortho nitro benzene ring substituents is 1. The first-order valence-electron chi connectivity index (χ1n) is 6.65. The third kappa shape index (κ3) is 4.36. The highest BCUT2D eigenvalue weighted by Gasteiger charge is 2.15. The Labute approximate surface area is 136 Å². The van der Waals surface area contributed by atoms with E-state index >= 15 is 0 Å². The highest BCUT2D eigenvalue weighted by molar-refractivity contribution is 7.12. The maximum absolute atomic E-state index is 11.9. The Morgan fingerprint density at radius 3 is 2.43 bits per heavy atom. The number of carbonyl (C=O) groups excluding carboxylic acids is 2. The summed E-state index contributed by atoms with van der Waals surface area (Å²) in [7, 11) is 0. The molecule has 0 bridgehead atoms. The average molecular weight is 334 g/mol. The van der Waals surface area contributed by atoms with Crippen LogP contribution in [0.25, 0.3) is 0 Å². The molecule has 0 saturated carbocycles. The number of nitrogens with zero attached hydrogens (tertiary/aromatic N) is 1. The van der Waals surface area contributed by atoms with Gasteiger partial charge in [-0.3, -0.25) is 14.9 Å². The first-order chi connectivity index (χ1) is 10.9. The van der Waals surface area contributed by atoms with Gasteiger partial charge in [0.2, 0.25) is 0 Å². The van der Waals surface area contributed by atoms with Gasteiger partial charge in [-0.1, -0.05) is 0 Å². The van der Waals surface area contributed by atoms with Crippen LogP contribution < -0.4 is 5.32 Å². The van der Waals surface area contributed by atoms with Crippen molar-refractivity contribution in [3.05, 3.63) is 55.8 Å². The number of aryl methyl sites for hydroxylation is 2. The molecule has 0 radical (unpaired) electrons. The van der Waals surface area contributed by atoms with Gasteiger partial charge in [0.15, 0.2) is 6.61 Å². The molecule has 0 atom stereocenters. The summed E-state index contributed by atoms with van der Waals surface area (Å²) < 4.78 is 4.97. The van der Waals surface area contributed by atoms with Gasteiger partial charge in [0.05, 0.1) is 10.5 Å². The number of esters is 1. The van der Waals surface area contributed by atoms with Crippen LogP contribution in [0.3, 0.4) is 0 Å². The average Bonchev–Trinajstić information content (AvgIpc) is 2.84. The number of rotatable bonds is 5. The predicted molar refractivity (Wildman–Crippen MR) is 85.8 cm³/mol. The molecule has 1 amide bonds. The van der Waals surface area contributed by atoms with Crippen LogP contribution >= 0.6 is 11.3 Å². The molecule has 23 heavy (non-hydrogen) atoms. The summed E-state index contributed by atoms with van der Waals surface area (Å²) in [5.41, 5.74) is 0.771. The van der Waals surface area contributed by atoms with E-state index < -0.39 is 23.4 Å². The minimum Gasteiger partial charge on any atom is -0.452 e. The molecule has 0 aliphatic rings. The van der Waals surface area contributed by atoms with Crippen LogP contribution in [0.4, 0.5) is 11.4 Å². The fraction of sp³-hybridized carbons (Fsp3) is 0.200. The number of hydrogen-bond acceptors (Lipinski definition) is 6. The Morgan fingerprint density at radius 1 is 1.26 bits per heavy atom. The van der Waals surface area contributed by atoms with Crippen LogP contribution in [0, 0.1) is 24.0 Å². The SMILES string of the molecule is Cc1cc(C(=O)OCC(=O)Nc2ccc([N+](=O)[O-])cc2)c(C)s1. The lowest BCUT2D eigenvalue weighted by molar-refractivity contribution is -0.384. The lowest BCUT2D eigenvalue weighted by Gasteiger charge is -2.06. The molecule has 120 valence electrons. The Hall–Kier alpha value is -2.74. The molecule has 1 aromatic heterocycles. The number of benzene rings is 1. The van der Waals surface area contributed by atoms with E-state index in [-0.39, 0.29) is 5.69 Å². The molecule has 0 unspecified atom stereocenters. The van der Waals surface area contributed by atoms with Crippen molar-refractivity contribution >= 4 is 34.6 Å². The second kappa shape index (κ2) is 7.01. The number of carbonyl (C=O) groups is 2. The van der Waals surface area contributed by atoms with Crippen LogP contribution in [-0.4, -0.2) is 23.4 Å². The van der Waals surface area contributed by atoms with Crippen molar-refractivity contribution in [2.75, 3.05) is 11.9 Å². The van der Waals surface area contributed by atoms with E-state index in [1.54, 1.807) is 6.07 Å². The summed E-state index contributed by atoms with van der Waals surface area (Å²) in [4.78, 5) is 35.5. The molecular formula is C15H14N2O5S. The van der Waals surface area contributed by atoms with E-state index in [0.29, 0.717) is 11.3 Å². The van der Waals surface area contributed by atoms with Crippen LogP contribution in [0.5, 0.6) is 0 Å². The standard InChI is InChI=1S/C15H14N2O5S/c1-9-7-13(10(2)23-9)15(19)22-8-14(18)16-11-3-5-12(6-4-11)17(20)21/h3-7H,8H2,1-2H3,(H,16,18). The van der Waals surface area contributed by atoms with Crippen molar-refractivity contribution in [1.29, 1.82) is 0 Å². The number of hydrogen-bond donors (Lipinski definition) is 1. The number of nitrogens with one attached hydrogen (secondary N) is 1. The summed E-state index contributed by atoms with van der Waals surface area (Å²) >= 11 is 1.48. The van der Waals surface area contributed by atoms with Crippen molar-refractivity contribution in [3.63, 3.8) is 0 Å². The van der Waals surface area contributed by atoms with Crippen LogP contribution in [0.2, 0.25) is 0 Å². The van der Waals surface area contributed by atoms with E-state index in [2.05, 4.69) is 5.32 Å². The summed E-state index contributed by atoms with van der Waals surface area (Å²) in [6.45, 7) is 3.27. The Morgan fingerprint density at radius 2 is 1.91 bits per heavy atom. The second-order valence-electron chi connectivity index (χ2n) is 4.76. The Kier molecular flexibility index (Phi) is 5.07. The largest absolute Gasteiger partial charge is 0.452 e. The number of nitro benzene ring substituents is 1. The van der Waals surface area contributed by atoms with Gasteiger partial charge in [0.25, 0.3) is 11.6 Å². The fourth-order valence-corrected chi connectivity index (χ4v) is 2.82. The monoisotopic (exact) mass is 334 g/mol. The molecule has 1 N–H and O–H groups in total. The minimum absolute atomic E-state index is 0.0715. The van der Waals surface area contributed by atoms with Gasteiger partial charge >= 0.3 is 5.97 Å². The second-order valence-corrected chi connectivity index (χ2v) is 6.22. The smallest absolute Gasteiger partial charge is 0.339 e. The number of ether oxygens (including phenoxy) is 1. The molecule has 1 aromatic carbocycles. The van der Waals surface area contributed by atoms with E-state index in [0.717, 1.165) is 9.75 Å². The van der Waals surface area contributed by atoms with Gasteiger partial charge in [-0.15, -0.1) is 11.3 Å². The van der Waals surface area contributed by atoms with Crippen molar-refractivity contribution in [2.24, 2.45) is 0 Å². The lowest BCUT2D eigenvalue weighted by Crippen LogP contribution is -2.21. The highest BCUT2D eigenvalue weighted by atomic mass is 32.1. The van der Waals surface area contributed by atoms with Crippen molar-refractivity contribution in [3.8, 4) is 0 Å². The number of thiophene rings is 1. The molecule has 0 spiro atoms. The molecular weight excluding hydrogens is 320 g/mol. The quantitative estimate of drug-likeness (QED) is 0.515. The van der Waals surface area contributed by atoms with E-state index in [4.69, 9.17) is 4.74 Å². The molecule has 0 aliphatic heterocycles. The van der Waals surface area contributed by atoms with Gasteiger partial charge in [0, 0.05) is 27.6 Å². The first kappa shape index (κ1) is 16.6. The van der Waals surface area contributed by atoms with Crippen LogP contribution in [0.1, 0.15) is 20.1 Å². The molecule has 8 heteroatoms. The summed E-state index contributed by atoms with van der Waals surface area (Å²) in [5, 5.41) is 13.0. The predicted octanol–water partition coefficient (Wildman–Crippen LogP) is 3.07. The van der Waals surface area contributed by atoms with E-state index in [9.17, 15) is 19.7 Å². The minimum atomic E-state index is -0.550. The number of amides is 1. The van der Waals surface area contributed by atoms with Crippen LogP contribution in [0.15, 0.2) is 30.3 Å². The summed E-state index contributed by atoms with van der Waals surface area (Å²) in [6, 6.07) is 7.09. The molecule has 2 aromatic rings. The highest BCUT2D eigenvalue weighted by Crippen LogP contribution is 2.21. The Bertz CT molecular complexity index is 752. The number of anilines is 1. The fourth-order valence-electron chi connectivity index (χ4n) is 1.91. The van der Waals surface area contributed by atoms with E-state index in [1.165, 1.54) is 35.6 Å². The van der Waals surface area contributed by atoms with Crippen molar-refractivity contribution in [1.82, 2.24) is 0 Å². The van der Waals surface area contributed by atoms with Gasteiger partial charge in [-0.2, -0.15) is 0 Å². The van der Waals surface area contributed by atoms with Crippen molar-refractivity contribution < 1.29 is 19.2 Å². The molecule has 0 saturated heterocycles. The number of nitro groups is 1. The third-order valence-electron chi connectivity index (χ3n) is 2.96. The topological polar surface area (TPSA) is 98.5 Å².